The molecule has 9 nitrogen and oxygen atoms in total. The van der Waals surface area contributed by atoms with Crippen molar-refractivity contribution in [1.82, 2.24) is 24.5 Å². The van der Waals surface area contributed by atoms with Crippen molar-refractivity contribution in [3.8, 4) is 23.0 Å². The highest BCUT2D eigenvalue weighted by atomic mass is 35.5. The number of hydrogen-bond acceptors (Lipinski definition) is 7. The Kier molecular flexibility index (Phi) is 9.99. The van der Waals surface area contributed by atoms with Crippen molar-refractivity contribution in [3.63, 3.8) is 0 Å². The predicted octanol–water partition coefficient (Wildman–Crippen LogP) is 8.01. The van der Waals surface area contributed by atoms with E-state index in [1.807, 2.05) is 0 Å². The van der Waals surface area contributed by atoms with E-state index in [2.05, 4.69) is 27.9 Å². The van der Waals surface area contributed by atoms with Crippen LogP contribution in [0.15, 0.2) is 36.4 Å². The minimum Gasteiger partial charge on any atom is -0.396 e. The molecule has 0 radical (unpaired) electrons. The summed E-state index contributed by atoms with van der Waals surface area (Å²) in [5, 5.41) is 19.7. The number of carbonyl (C=O) groups excluding carboxylic acids is 1. The summed E-state index contributed by atoms with van der Waals surface area (Å²) in [5.74, 6) is -7.60. The summed E-state index contributed by atoms with van der Waals surface area (Å²) in [6.07, 6.45) is -1.38. The Morgan fingerprint density at radius 3 is 2.41 bits per heavy atom. The van der Waals surface area contributed by atoms with Crippen molar-refractivity contribution in [2.75, 3.05) is 12.0 Å². The van der Waals surface area contributed by atoms with Crippen molar-refractivity contribution in [3.05, 3.63) is 92.7 Å². The summed E-state index contributed by atoms with van der Waals surface area (Å²) < 4.78 is 133. The number of alkyl halides is 6. The van der Waals surface area contributed by atoms with Gasteiger partial charge >= 0.3 is 0 Å². The smallest absolute Gasteiger partial charge is 0.293 e. The number of hydrogen-bond donors (Lipinski definition) is 2. The topological polar surface area (TPSA) is 129 Å². The molecular formula is C42H37ClF8N6O3S. The van der Waals surface area contributed by atoms with Crippen LogP contribution in [0.5, 0.6) is 0 Å². The van der Waals surface area contributed by atoms with Gasteiger partial charge < -0.3 is 10.8 Å². The normalized spacial score (nSPS) is 20.9. The third kappa shape index (κ3) is 8.00. The summed E-state index contributed by atoms with van der Waals surface area (Å²) in [4.78, 5) is 18.9. The van der Waals surface area contributed by atoms with Gasteiger partial charge in [0.25, 0.3) is 17.8 Å². The molecule has 0 amide bonds. The molecular weight excluding hydrogens is 856 g/mol. The van der Waals surface area contributed by atoms with E-state index in [-0.39, 0.29) is 57.4 Å². The van der Waals surface area contributed by atoms with E-state index in [0.717, 1.165) is 12.1 Å². The Morgan fingerprint density at radius 1 is 1.11 bits per heavy atom. The highest BCUT2D eigenvalue weighted by molar-refractivity contribution is 7.98. The summed E-state index contributed by atoms with van der Waals surface area (Å²) >= 11 is 6.70. The maximum Gasteiger partial charge on any atom is 0.293 e. The van der Waals surface area contributed by atoms with Gasteiger partial charge in [-0.1, -0.05) is 23.6 Å². The average molecular weight is 893 g/mol. The number of benzene rings is 2. The zero-order chi connectivity index (χ0) is 44.4. The molecule has 0 saturated heterocycles. The molecule has 2 fully saturated rings. The zero-order valence-corrected chi connectivity index (χ0v) is 34.3. The summed E-state index contributed by atoms with van der Waals surface area (Å²) in [5.41, 5.74) is 3.51. The first-order valence-electron chi connectivity index (χ1n) is 19.0. The lowest BCUT2D eigenvalue weighted by Crippen LogP contribution is -2.50. The number of pyridine rings is 1. The Balaban J connectivity index is 1.30. The van der Waals surface area contributed by atoms with Gasteiger partial charge in [-0.05, 0) is 69.9 Å². The Morgan fingerprint density at radius 2 is 1.79 bits per heavy atom. The number of halogens is 9. The van der Waals surface area contributed by atoms with Crippen LogP contribution in [-0.4, -0.2) is 63.3 Å². The van der Waals surface area contributed by atoms with Crippen LogP contribution in [-0.2, 0) is 51.9 Å². The van der Waals surface area contributed by atoms with Gasteiger partial charge in [-0.3, -0.25) is 18.4 Å². The molecule has 3 aromatic heterocycles. The van der Waals surface area contributed by atoms with Gasteiger partial charge in [0.1, 0.15) is 40.9 Å². The lowest BCUT2D eigenvalue weighted by molar-refractivity contribution is -0.176. The van der Waals surface area contributed by atoms with E-state index in [4.69, 9.17) is 22.3 Å². The van der Waals surface area contributed by atoms with E-state index in [1.165, 1.54) is 23.1 Å². The molecule has 0 spiro atoms. The molecule has 3 aliphatic carbocycles. The maximum atomic E-state index is 15.6. The van der Waals surface area contributed by atoms with E-state index in [0.29, 0.717) is 39.8 Å². The molecule has 3 heterocycles. The van der Waals surface area contributed by atoms with Crippen LogP contribution in [0.1, 0.15) is 84.0 Å². The summed E-state index contributed by atoms with van der Waals surface area (Å²) in [6, 6.07) is 7.19. The van der Waals surface area contributed by atoms with Crippen molar-refractivity contribution >= 4 is 49.4 Å². The molecule has 3 N–H and O–H groups in total. The second-order valence-electron chi connectivity index (χ2n) is 16.7. The number of fused-ring (bicyclic) bond motifs is 4. The molecule has 0 bridgehead atoms. The highest BCUT2D eigenvalue weighted by Gasteiger charge is 2.67. The van der Waals surface area contributed by atoms with Gasteiger partial charge in [0.05, 0.1) is 46.2 Å². The lowest BCUT2D eigenvalue weighted by Gasteiger charge is -2.39. The van der Waals surface area contributed by atoms with E-state index < -0.39 is 105 Å². The first-order chi connectivity index (χ1) is 28.2. The molecule has 0 aliphatic heterocycles. The number of anilines is 1. The first kappa shape index (κ1) is 42.7. The third-order valence-corrected chi connectivity index (χ3v) is 12.5. The number of nitrogens with zero attached hydrogens (tertiary/aromatic N) is 5. The molecule has 2 saturated carbocycles. The van der Waals surface area contributed by atoms with Gasteiger partial charge in [-0.15, -0.1) is 0 Å². The molecule has 322 valence electrons. The van der Waals surface area contributed by atoms with Crippen LogP contribution in [0.3, 0.4) is 0 Å². The number of ketones is 1. The number of nitrogen functional groups attached to an aromatic ring is 1. The molecule has 3 aliphatic rings. The van der Waals surface area contributed by atoms with Crippen LogP contribution < -0.4 is 5.73 Å². The van der Waals surface area contributed by atoms with Crippen LogP contribution in [0, 0.1) is 29.4 Å². The fourth-order valence-electron chi connectivity index (χ4n) is 8.80. The number of rotatable bonds is 11. The van der Waals surface area contributed by atoms with Gasteiger partial charge in [0.2, 0.25) is 0 Å². The largest absolute Gasteiger partial charge is 0.396 e. The van der Waals surface area contributed by atoms with Crippen LogP contribution in [0.25, 0.3) is 22.0 Å². The SMILES string of the molecule is C=S(C)(=O)Cc1nn(C)c2c(-c3cc(N)c(C#CC4(O)CC(F)(F)C4)nc3[C@@H](CC(=O)Cn3nc(C(C)(F)F)c4c3C(F)(F)[C@@H]3C[C@H]43)Cc3cc(F)cc(F)c3)ccc(Cl)c12. The quantitative estimate of drug-likeness (QED) is 0.0782. The predicted molar refractivity (Wildman–Crippen MR) is 213 cm³/mol. The monoisotopic (exact) mass is 892 g/mol. The van der Waals surface area contributed by atoms with E-state index in [1.54, 1.807) is 13.1 Å². The van der Waals surface area contributed by atoms with Gasteiger partial charge in [0.15, 0.2) is 5.78 Å². The van der Waals surface area contributed by atoms with Crippen molar-refractivity contribution in [1.29, 1.82) is 0 Å². The van der Waals surface area contributed by atoms with Crippen LogP contribution in [0.4, 0.5) is 40.8 Å². The van der Waals surface area contributed by atoms with Crippen LogP contribution >= 0.6 is 11.6 Å². The fourth-order valence-corrected chi connectivity index (χ4v) is 9.84. The lowest BCUT2D eigenvalue weighted by atomic mass is 9.77. The Hall–Kier alpha value is -4.99. The third-order valence-electron chi connectivity index (χ3n) is 11.3. The second-order valence-corrected chi connectivity index (χ2v) is 19.8. The van der Waals surface area contributed by atoms with Crippen LogP contribution in [0.2, 0.25) is 5.02 Å². The van der Waals surface area contributed by atoms with Crippen molar-refractivity contribution in [2.45, 2.75) is 86.5 Å². The Labute approximate surface area is 349 Å². The Bertz CT molecular complexity index is 2830. The van der Waals surface area contributed by atoms with E-state index >= 15 is 8.78 Å². The average Bonchev–Trinajstić information content (AvgIpc) is 3.64. The zero-order valence-electron chi connectivity index (χ0n) is 32.7. The number of Topliss-reactive ketones (excluding diaryl/α,β-unsaturated/α-hetero) is 1. The molecule has 8 rings (SSSR count). The number of aryl methyl sites for hydroxylation is 1. The van der Waals surface area contributed by atoms with Gasteiger partial charge in [0, 0.05) is 66.6 Å². The standard InChI is InChI=1S/C42H37ClF8N6O3S/c1-39(46,47)37-33-27-14-28(27)42(50,51)38(33)57(55-37)16-24(58)12-21(9-20-10-22(44)13-23(45)11-20)35-26(15-30(52)31(53-35)7-8-40(59)18-41(48,49)19-40)25-5-6-29(43)34-32(17-61(3,4)60)54-56(2)36(25)34/h5-6,10-11,13,15,21,27-28,59H,3,9,12,14,16-19,52H2,1-2,4H3/t21-,27+,28-,61?/m1/s1. The maximum absolute atomic E-state index is 15.6. The van der Waals surface area contributed by atoms with Gasteiger partial charge in [-0.2, -0.15) is 27.8 Å². The minimum absolute atomic E-state index is 0.00307. The fraction of sp³-hybridized carbons (Fsp3) is 0.405. The summed E-state index contributed by atoms with van der Waals surface area (Å²) in [7, 11) is -1.06. The number of aliphatic hydroxyl groups is 1. The number of carbonyl (C=O) groups is 1. The highest BCUT2D eigenvalue weighted by Crippen LogP contribution is 2.68. The van der Waals surface area contributed by atoms with Crippen molar-refractivity contribution < 1.29 is 49.2 Å². The molecule has 4 atom stereocenters. The second kappa shape index (κ2) is 14.3. The molecule has 5 aromatic rings. The minimum atomic E-state index is -3.60. The molecule has 1 unspecified atom stereocenters. The van der Waals surface area contributed by atoms with E-state index in [9.17, 15) is 40.5 Å². The van der Waals surface area contributed by atoms with Crippen molar-refractivity contribution in [2.24, 2.45) is 13.0 Å². The molecule has 19 heteroatoms. The number of aromatic nitrogens is 5. The number of nitrogens with two attached hydrogens (primary N) is 1. The first-order valence-corrected chi connectivity index (χ1v) is 21.6. The summed E-state index contributed by atoms with van der Waals surface area (Å²) in [6.45, 7) is -0.344. The molecule has 2 aromatic carbocycles. The molecule has 61 heavy (non-hydrogen) atoms. The van der Waals surface area contributed by atoms with Gasteiger partial charge in [-0.25, -0.2) is 22.5 Å².